The molecule has 6 nitrogen and oxygen atoms in total. The van der Waals surface area contributed by atoms with Crippen molar-refractivity contribution in [1.82, 2.24) is 19.9 Å². The molecule has 4 aromatic rings. The van der Waals surface area contributed by atoms with Crippen molar-refractivity contribution in [3.8, 4) is 17.1 Å². The third-order valence-electron chi connectivity index (χ3n) is 6.04. The number of aryl methyl sites for hydroxylation is 1. The molecule has 2 aromatic heterocycles. The number of nitrogens with two attached hydrogens (primary N) is 1. The summed E-state index contributed by atoms with van der Waals surface area (Å²) in [5.74, 6) is 0.554. The number of pyridine rings is 1. The quantitative estimate of drug-likeness (QED) is 0.486. The molecule has 3 heterocycles. The van der Waals surface area contributed by atoms with E-state index in [0.29, 0.717) is 10.9 Å². The number of likely N-dealkylation sites (N-methyl/N-ethyl adjacent to an activating group) is 1. The average Bonchev–Trinajstić information content (AvgIpc) is 2.79. The molecule has 1 aliphatic heterocycles. The molecule has 32 heavy (non-hydrogen) atoms. The molecule has 2 aromatic carbocycles. The third-order valence-corrected chi connectivity index (χ3v) is 6.39. The highest BCUT2D eigenvalue weighted by molar-refractivity contribution is 6.32. The number of hydrogen-bond acceptors (Lipinski definition) is 6. The zero-order valence-corrected chi connectivity index (χ0v) is 18.9. The normalized spacial score (nSPS) is 13.8. The number of nitrogens with zero attached hydrogens (tertiary/aromatic N) is 4. The van der Waals surface area contributed by atoms with Gasteiger partial charge >= 0.3 is 0 Å². The van der Waals surface area contributed by atoms with Crippen LogP contribution >= 0.6 is 11.6 Å². The Balaban J connectivity index is 1.46. The molecule has 0 aliphatic carbocycles. The number of nitrogen functional groups attached to an aromatic ring is 1. The van der Waals surface area contributed by atoms with Gasteiger partial charge in [0, 0.05) is 47.0 Å². The standard InChI is InChI=1S/C25H24ClN5O/c1-15-9-17(10-18-13-31(2)8-6-19(15)18)23-12-29-24(27)25(30-23)32-14-21-20-5-7-28-11-16(20)3-4-22(21)26/h3-5,7,9-12H,6,8,13-14H2,1-2H3,(H2,27,29). The summed E-state index contributed by atoms with van der Waals surface area (Å²) in [5, 5.41) is 2.61. The minimum Gasteiger partial charge on any atom is -0.470 e. The van der Waals surface area contributed by atoms with Gasteiger partial charge in [0.2, 0.25) is 0 Å². The number of anilines is 1. The van der Waals surface area contributed by atoms with Crippen LogP contribution in [0, 0.1) is 6.92 Å². The van der Waals surface area contributed by atoms with Gasteiger partial charge in [-0.1, -0.05) is 17.7 Å². The second-order valence-corrected chi connectivity index (χ2v) is 8.68. The van der Waals surface area contributed by atoms with Crippen LogP contribution in [-0.4, -0.2) is 33.4 Å². The highest BCUT2D eigenvalue weighted by Crippen LogP contribution is 2.31. The van der Waals surface area contributed by atoms with E-state index in [1.807, 2.05) is 18.2 Å². The van der Waals surface area contributed by atoms with Crippen molar-refractivity contribution in [1.29, 1.82) is 0 Å². The Bertz CT molecular complexity index is 1320. The van der Waals surface area contributed by atoms with Crippen molar-refractivity contribution >= 4 is 28.2 Å². The first-order chi connectivity index (χ1) is 15.5. The lowest BCUT2D eigenvalue weighted by Gasteiger charge is -2.27. The Morgan fingerprint density at radius 1 is 1.19 bits per heavy atom. The minimum absolute atomic E-state index is 0.233. The maximum atomic E-state index is 6.46. The smallest absolute Gasteiger partial charge is 0.258 e. The zero-order chi connectivity index (χ0) is 22.2. The lowest BCUT2D eigenvalue weighted by molar-refractivity contribution is 0.296. The van der Waals surface area contributed by atoms with Gasteiger partial charge in [-0.25, -0.2) is 9.97 Å². The predicted molar refractivity (Wildman–Crippen MR) is 128 cm³/mol. The van der Waals surface area contributed by atoms with Gasteiger partial charge in [0.05, 0.1) is 11.9 Å². The summed E-state index contributed by atoms with van der Waals surface area (Å²) in [5.41, 5.74) is 12.8. The molecule has 0 spiro atoms. The largest absolute Gasteiger partial charge is 0.470 e. The Morgan fingerprint density at radius 3 is 2.94 bits per heavy atom. The van der Waals surface area contributed by atoms with E-state index in [0.717, 1.165) is 47.1 Å². The van der Waals surface area contributed by atoms with Gasteiger partial charge in [-0.15, -0.1) is 0 Å². The number of aromatic nitrogens is 3. The van der Waals surface area contributed by atoms with Crippen LogP contribution in [0.1, 0.15) is 22.3 Å². The number of ether oxygens (including phenoxy) is 1. The molecular weight excluding hydrogens is 422 g/mol. The van der Waals surface area contributed by atoms with Crippen LogP contribution in [0.4, 0.5) is 5.82 Å². The summed E-state index contributed by atoms with van der Waals surface area (Å²) < 4.78 is 6.02. The van der Waals surface area contributed by atoms with Crippen LogP contribution < -0.4 is 10.5 Å². The maximum Gasteiger partial charge on any atom is 0.258 e. The van der Waals surface area contributed by atoms with E-state index in [-0.39, 0.29) is 12.4 Å². The van der Waals surface area contributed by atoms with Crippen LogP contribution in [-0.2, 0) is 19.6 Å². The number of halogens is 1. The van der Waals surface area contributed by atoms with Gasteiger partial charge in [0.1, 0.15) is 6.61 Å². The maximum absolute atomic E-state index is 6.46. The molecule has 2 N–H and O–H groups in total. The van der Waals surface area contributed by atoms with Crippen LogP contribution in [0.3, 0.4) is 0 Å². The van der Waals surface area contributed by atoms with Crippen molar-refractivity contribution in [2.45, 2.75) is 26.5 Å². The summed E-state index contributed by atoms with van der Waals surface area (Å²) in [6.45, 7) is 4.41. The molecule has 0 radical (unpaired) electrons. The predicted octanol–water partition coefficient (Wildman–Crippen LogP) is 4.80. The molecule has 0 bridgehead atoms. The average molecular weight is 446 g/mol. The molecule has 0 saturated carbocycles. The first kappa shape index (κ1) is 20.7. The van der Waals surface area contributed by atoms with Crippen LogP contribution in [0.2, 0.25) is 5.02 Å². The molecule has 1 aliphatic rings. The molecule has 0 saturated heterocycles. The van der Waals surface area contributed by atoms with Gasteiger partial charge in [-0.3, -0.25) is 4.98 Å². The van der Waals surface area contributed by atoms with Gasteiger partial charge in [-0.05, 0) is 66.7 Å². The SMILES string of the molecule is Cc1cc(-c2cnc(N)c(OCc3c(Cl)ccc4cnccc34)n2)cc2c1CCN(C)C2. The topological polar surface area (TPSA) is 77.2 Å². The van der Waals surface area contributed by atoms with Gasteiger partial charge in [-0.2, -0.15) is 0 Å². The van der Waals surface area contributed by atoms with Crippen molar-refractivity contribution < 1.29 is 4.74 Å². The summed E-state index contributed by atoms with van der Waals surface area (Å²) in [7, 11) is 2.15. The van der Waals surface area contributed by atoms with Crippen molar-refractivity contribution in [3.05, 3.63) is 76.2 Å². The number of hydrogen-bond donors (Lipinski definition) is 1. The zero-order valence-electron chi connectivity index (χ0n) is 18.1. The minimum atomic E-state index is 0.233. The fourth-order valence-corrected chi connectivity index (χ4v) is 4.55. The Labute approximate surface area is 192 Å². The monoisotopic (exact) mass is 445 g/mol. The van der Waals surface area contributed by atoms with Gasteiger partial charge < -0.3 is 15.4 Å². The molecule has 162 valence electrons. The van der Waals surface area contributed by atoms with Crippen molar-refractivity contribution in [2.24, 2.45) is 0 Å². The van der Waals surface area contributed by atoms with Crippen molar-refractivity contribution in [2.75, 3.05) is 19.3 Å². The Kier molecular flexibility index (Phi) is 5.41. The highest BCUT2D eigenvalue weighted by atomic mass is 35.5. The van der Waals surface area contributed by atoms with E-state index in [1.54, 1.807) is 18.6 Å². The highest BCUT2D eigenvalue weighted by Gasteiger charge is 2.18. The molecule has 7 heteroatoms. The molecule has 0 amide bonds. The van der Waals surface area contributed by atoms with Gasteiger partial charge in [0.25, 0.3) is 5.88 Å². The lowest BCUT2D eigenvalue weighted by Crippen LogP contribution is -2.27. The van der Waals surface area contributed by atoms with Crippen LogP contribution in [0.25, 0.3) is 22.0 Å². The van der Waals surface area contributed by atoms with E-state index >= 15 is 0 Å². The summed E-state index contributed by atoms with van der Waals surface area (Å²) in [6.07, 6.45) is 6.32. The molecular formula is C25H24ClN5O. The van der Waals surface area contributed by atoms with Crippen molar-refractivity contribution in [3.63, 3.8) is 0 Å². The Morgan fingerprint density at radius 2 is 2.06 bits per heavy atom. The number of rotatable bonds is 4. The van der Waals surface area contributed by atoms with E-state index in [9.17, 15) is 0 Å². The molecule has 0 fully saturated rings. The number of benzene rings is 2. The van der Waals surface area contributed by atoms with E-state index < -0.39 is 0 Å². The number of fused-ring (bicyclic) bond motifs is 2. The van der Waals surface area contributed by atoms with Gasteiger partial charge in [0.15, 0.2) is 5.82 Å². The summed E-state index contributed by atoms with van der Waals surface area (Å²) >= 11 is 6.46. The first-order valence-electron chi connectivity index (χ1n) is 10.6. The van der Waals surface area contributed by atoms with Crippen LogP contribution in [0.15, 0.2) is 48.9 Å². The molecule has 0 unspecified atom stereocenters. The summed E-state index contributed by atoms with van der Waals surface area (Å²) in [6, 6.07) is 10.1. The lowest BCUT2D eigenvalue weighted by atomic mass is 9.92. The second kappa shape index (κ2) is 8.37. The fourth-order valence-electron chi connectivity index (χ4n) is 4.33. The molecule has 5 rings (SSSR count). The van der Waals surface area contributed by atoms with E-state index in [4.69, 9.17) is 27.1 Å². The molecule has 0 atom stereocenters. The fraction of sp³-hybridized carbons (Fsp3) is 0.240. The Hall–Kier alpha value is -3.22. The second-order valence-electron chi connectivity index (χ2n) is 8.28. The first-order valence-corrected chi connectivity index (χ1v) is 10.9. The third kappa shape index (κ3) is 3.87. The van der Waals surface area contributed by atoms with Crippen LogP contribution in [0.5, 0.6) is 5.88 Å². The summed E-state index contributed by atoms with van der Waals surface area (Å²) in [4.78, 5) is 15.5. The van der Waals surface area contributed by atoms with E-state index in [1.165, 1.54) is 16.7 Å². The van der Waals surface area contributed by atoms with E-state index in [2.05, 4.69) is 41.0 Å².